The van der Waals surface area contributed by atoms with Gasteiger partial charge in [-0.2, -0.15) is 5.26 Å². The maximum atomic E-state index is 13.3. The van der Waals surface area contributed by atoms with Crippen molar-refractivity contribution in [3.8, 4) is 6.07 Å². The molecule has 0 saturated carbocycles. The Balaban J connectivity index is 1.35. The second kappa shape index (κ2) is 10.8. The highest BCUT2D eigenvalue weighted by atomic mass is 32.2. The molecule has 1 fully saturated rings. The van der Waals surface area contributed by atoms with Crippen molar-refractivity contribution in [1.29, 1.82) is 5.26 Å². The molecule has 5 rings (SSSR count). The van der Waals surface area contributed by atoms with Gasteiger partial charge < -0.3 is 9.64 Å². The summed E-state index contributed by atoms with van der Waals surface area (Å²) in [5.74, 6) is 0.0127. The van der Waals surface area contributed by atoms with Crippen molar-refractivity contribution in [2.75, 3.05) is 36.2 Å². The van der Waals surface area contributed by atoms with Crippen LogP contribution in [-0.2, 0) is 27.7 Å². The first-order chi connectivity index (χ1) is 19.0. The van der Waals surface area contributed by atoms with Gasteiger partial charge in [0.15, 0.2) is 0 Å². The Morgan fingerprint density at radius 1 is 1.00 bits per heavy atom. The summed E-state index contributed by atoms with van der Waals surface area (Å²) in [4.78, 5) is 16.5. The van der Waals surface area contributed by atoms with Crippen molar-refractivity contribution in [3.63, 3.8) is 0 Å². The molecule has 9 heteroatoms. The fourth-order valence-electron chi connectivity index (χ4n) is 5.53. The van der Waals surface area contributed by atoms with E-state index in [2.05, 4.69) is 17.0 Å². The number of hydrogen-bond acceptors (Lipinski definition) is 6. The van der Waals surface area contributed by atoms with Crippen LogP contribution in [0.3, 0.4) is 0 Å². The number of ether oxygens (including phenoxy) is 1. The smallest absolute Gasteiger partial charge is 0.410 e. The highest BCUT2D eigenvalue weighted by Gasteiger charge is 2.38. The molecule has 0 aliphatic carbocycles. The number of amides is 1. The lowest BCUT2D eigenvalue weighted by molar-refractivity contribution is 0.0139. The van der Waals surface area contributed by atoms with Crippen molar-refractivity contribution in [3.05, 3.63) is 76.9 Å². The Morgan fingerprint density at radius 3 is 2.40 bits per heavy atom. The van der Waals surface area contributed by atoms with E-state index in [-0.39, 0.29) is 17.9 Å². The number of fused-ring (bicyclic) bond motifs is 2. The molecule has 8 nitrogen and oxygen atoms in total. The molecule has 0 bridgehead atoms. The van der Waals surface area contributed by atoms with E-state index in [4.69, 9.17) is 4.74 Å². The van der Waals surface area contributed by atoms with Crippen molar-refractivity contribution >= 4 is 32.6 Å². The number of carbonyl (C=O) groups excluding carboxylic acids is 1. The van der Waals surface area contributed by atoms with E-state index >= 15 is 0 Å². The van der Waals surface area contributed by atoms with E-state index in [1.165, 1.54) is 0 Å². The van der Waals surface area contributed by atoms with Gasteiger partial charge in [-0.05, 0) is 79.4 Å². The molecule has 1 unspecified atom stereocenters. The van der Waals surface area contributed by atoms with E-state index in [0.29, 0.717) is 25.1 Å². The number of hydrogen-bond donors (Lipinski definition) is 0. The predicted molar refractivity (Wildman–Crippen MR) is 157 cm³/mol. The van der Waals surface area contributed by atoms with Crippen LogP contribution >= 0.6 is 0 Å². The molecule has 1 atom stereocenters. The molecular weight excluding hydrogens is 524 g/mol. The molecule has 2 heterocycles. The molecule has 210 valence electrons. The summed E-state index contributed by atoms with van der Waals surface area (Å²) in [6, 6.07) is 19.5. The number of sulfonamides is 1. The molecule has 3 aromatic carbocycles. The SMILES string of the molecule is CCS(=O)(=O)N1c2ccc(CN3CCN(C(=O)OC(C)(C)C)CC3)cc2CC1c1ccc2ccc(C#N)cc2c1. The Labute approximate surface area is 236 Å². The van der Waals surface area contributed by atoms with Gasteiger partial charge in [0.25, 0.3) is 0 Å². The van der Waals surface area contributed by atoms with Crippen LogP contribution in [0.25, 0.3) is 10.8 Å². The maximum Gasteiger partial charge on any atom is 0.410 e. The van der Waals surface area contributed by atoms with Crippen molar-refractivity contribution in [2.24, 2.45) is 0 Å². The largest absolute Gasteiger partial charge is 0.444 e. The number of anilines is 1. The van der Waals surface area contributed by atoms with Crippen LogP contribution in [0.15, 0.2) is 54.6 Å². The van der Waals surface area contributed by atoms with Gasteiger partial charge in [0.1, 0.15) is 5.60 Å². The topological polar surface area (TPSA) is 94.0 Å². The van der Waals surface area contributed by atoms with Gasteiger partial charge in [-0.3, -0.25) is 9.21 Å². The Morgan fingerprint density at radius 2 is 1.73 bits per heavy atom. The van der Waals surface area contributed by atoms with Gasteiger partial charge in [0.05, 0.1) is 29.1 Å². The zero-order chi connectivity index (χ0) is 28.7. The summed E-state index contributed by atoms with van der Waals surface area (Å²) in [6.07, 6.45) is 0.309. The predicted octanol–water partition coefficient (Wildman–Crippen LogP) is 5.22. The maximum absolute atomic E-state index is 13.3. The minimum Gasteiger partial charge on any atom is -0.444 e. The summed E-state index contributed by atoms with van der Waals surface area (Å²) in [5, 5.41) is 11.3. The summed E-state index contributed by atoms with van der Waals surface area (Å²) in [6.45, 7) is 10.7. The summed E-state index contributed by atoms with van der Waals surface area (Å²) < 4.78 is 33.7. The molecule has 0 radical (unpaired) electrons. The highest BCUT2D eigenvalue weighted by Crippen LogP contribution is 2.43. The second-order valence-electron chi connectivity index (χ2n) is 11.6. The van der Waals surface area contributed by atoms with Gasteiger partial charge in [-0.1, -0.05) is 30.3 Å². The number of benzene rings is 3. The van der Waals surface area contributed by atoms with Crippen molar-refractivity contribution < 1.29 is 17.9 Å². The van der Waals surface area contributed by atoms with Gasteiger partial charge in [-0.15, -0.1) is 0 Å². The third-order valence-corrected chi connectivity index (χ3v) is 9.33. The lowest BCUT2D eigenvalue weighted by atomic mass is 9.98. The van der Waals surface area contributed by atoms with Gasteiger partial charge in [0.2, 0.25) is 10.0 Å². The Bertz CT molecular complexity index is 1580. The Kier molecular flexibility index (Phi) is 7.51. The fourth-order valence-corrected chi connectivity index (χ4v) is 6.87. The van der Waals surface area contributed by atoms with E-state index < -0.39 is 15.6 Å². The average Bonchev–Trinajstić information content (AvgIpc) is 3.31. The van der Waals surface area contributed by atoms with Crippen LogP contribution < -0.4 is 4.31 Å². The Hall–Kier alpha value is -3.61. The quantitative estimate of drug-likeness (QED) is 0.425. The van der Waals surface area contributed by atoms with Crippen LogP contribution in [0.4, 0.5) is 10.5 Å². The number of piperazine rings is 1. The lowest BCUT2D eigenvalue weighted by Gasteiger charge is -2.35. The van der Waals surface area contributed by atoms with Crippen LogP contribution in [0.5, 0.6) is 0 Å². The van der Waals surface area contributed by atoms with Crippen LogP contribution in [0.1, 0.15) is 56.0 Å². The minimum absolute atomic E-state index is 0.0127. The first kappa shape index (κ1) is 27.9. The van der Waals surface area contributed by atoms with Crippen molar-refractivity contribution in [1.82, 2.24) is 9.80 Å². The fraction of sp³-hybridized carbons (Fsp3) is 0.419. The molecule has 0 spiro atoms. The van der Waals surface area contributed by atoms with Crippen LogP contribution in [0.2, 0.25) is 0 Å². The number of nitrogens with zero attached hydrogens (tertiary/aromatic N) is 4. The first-order valence-electron chi connectivity index (χ1n) is 13.8. The molecule has 1 amide bonds. The molecule has 3 aromatic rings. The molecule has 2 aliphatic heterocycles. The summed E-state index contributed by atoms with van der Waals surface area (Å²) >= 11 is 0. The zero-order valence-corrected chi connectivity index (χ0v) is 24.4. The molecule has 1 saturated heterocycles. The molecular formula is C31H36N4O4S. The average molecular weight is 561 g/mol. The molecule has 40 heavy (non-hydrogen) atoms. The van der Waals surface area contributed by atoms with E-state index in [0.717, 1.165) is 52.8 Å². The standard InChI is InChI=1S/C31H36N4O4S/c1-5-40(37,38)35-28-11-7-23(21-33-12-14-34(15-13-33)30(36)39-31(2,3)4)17-27(28)19-29(35)25-10-9-24-8-6-22(20-32)16-26(24)18-25/h6-11,16-18,29H,5,12-15,19,21H2,1-4H3. The van der Waals surface area contributed by atoms with Gasteiger partial charge in [0, 0.05) is 39.1 Å². The van der Waals surface area contributed by atoms with E-state index in [9.17, 15) is 18.5 Å². The highest BCUT2D eigenvalue weighted by molar-refractivity contribution is 7.92. The monoisotopic (exact) mass is 560 g/mol. The van der Waals surface area contributed by atoms with Crippen LogP contribution in [-0.4, -0.2) is 61.8 Å². The molecule has 0 aromatic heterocycles. The zero-order valence-electron chi connectivity index (χ0n) is 23.6. The normalized spacial score (nSPS) is 18.0. The van der Waals surface area contributed by atoms with Gasteiger partial charge in [-0.25, -0.2) is 13.2 Å². The van der Waals surface area contributed by atoms with Crippen molar-refractivity contribution in [2.45, 2.75) is 52.3 Å². The third-order valence-electron chi connectivity index (χ3n) is 7.55. The molecule has 2 aliphatic rings. The molecule has 0 N–H and O–H groups in total. The van der Waals surface area contributed by atoms with Gasteiger partial charge >= 0.3 is 6.09 Å². The second-order valence-corrected chi connectivity index (χ2v) is 13.7. The van der Waals surface area contributed by atoms with E-state index in [1.807, 2.05) is 63.2 Å². The third kappa shape index (κ3) is 5.79. The number of rotatable bonds is 5. The summed E-state index contributed by atoms with van der Waals surface area (Å²) in [7, 11) is -3.52. The summed E-state index contributed by atoms with van der Waals surface area (Å²) in [5.41, 5.74) is 3.84. The van der Waals surface area contributed by atoms with E-state index in [1.54, 1.807) is 22.2 Å². The van der Waals surface area contributed by atoms with Crippen LogP contribution in [0, 0.1) is 11.3 Å². The first-order valence-corrected chi connectivity index (χ1v) is 15.4. The minimum atomic E-state index is -3.52. The number of nitriles is 1. The number of carbonyl (C=O) groups is 1. The lowest BCUT2D eigenvalue weighted by Crippen LogP contribution is -2.49.